The molecule has 4 nitrogen and oxygen atoms in total. The SMILES string of the molecule is O=C(NCc1coc2ccccc12)C1(CO)CC1. The summed E-state index contributed by atoms with van der Waals surface area (Å²) in [4.78, 5) is 11.9. The molecule has 0 aliphatic heterocycles. The lowest BCUT2D eigenvalue weighted by Gasteiger charge is -2.11. The number of nitrogens with one attached hydrogen (secondary N) is 1. The Labute approximate surface area is 105 Å². The number of aliphatic hydroxyl groups is 1. The molecule has 0 bridgehead atoms. The van der Waals surface area contributed by atoms with Crippen molar-refractivity contribution < 1.29 is 14.3 Å². The van der Waals surface area contributed by atoms with E-state index in [-0.39, 0.29) is 12.5 Å². The van der Waals surface area contributed by atoms with Gasteiger partial charge in [0.25, 0.3) is 0 Å². The lowest BCUT2D eigenvalue weighted by Crippen LogP contribution is -2.33. The minimum absolute atomic E-state index is 0.0599. The number of hydrogen-bond donors (Lipinski definition) is 2. The van der Waals surface area contributed by atoms with Crippen LogP contribution in [0, 0.1) is 5.41 Å². The van der Waals surface area contributed by atoms with Crippen molar-refractivity contribution >= 4 is 16.9 Å². The second kappa shape index (κ2) is 4.14. The van der Waals surface area contributed by atoms with Gasteiger partial charge in [-0.1, -0.05) is 18.2 Å². The first-order valence-electron chi connectivity index (χ1n) is 6.09. The molecule has 0 atom stereocenters. The Balaban J connectivity index is 1.72. The lowest BCUT2D eigenvalue weighted by molar-refractivity contribution is -0.127. The molecule has 0 saturated heterocycles. The molecule has 0 unspecified atom stereocenters. The molecule has 1 saturated carbocycles. The average Bonchev–Trinajstić information content (AvgIpc) is 3.11. The van der Waals surface area contributed by atoms with E-state index in [4.69, 9.17) is 4.42 Å². The van der Waals surface area contributed by atoms with E-state index in [1.54, 1.807) is 6.26 Å². The summed E-state index contributed by atoms with van der Waals surface area (Å²) < 4.78 is 5.41. The highest BCUT2D eigenvalue weighted by Gasteiger charge is 2.49. The van der Waals surface area contributed by atoms with Gasteiger partial charge in [0.15, 0.2) is 0 Å². The number of hydrogen-bond acceptors (Lipinski definition) is 3. The van der Waals surface area contributed by atoms with E-state index < -0.39 is 5.41 Å². The van der Waals surface area contributed by atoms with E-state index in [0.717, 1.165) is 29.4 Å². The summed E-state index contributed by atoms with van der Waals surface area (Å²) in [6, 6.07) is 7.73. The van der Waals surface area contributed by atoms with Crippen LogP contribution in [0.4, 0.5) is 0 Å². The van der Waals surface area contributed by atoms with Gasteiger partial charge >= 0.3 is 0 Å². The molecule has 4 heteroatoms. The zero-order valence-corrected chi connectivity index (χ0v) is 9.98. The summed E-state index contributed by atoms with van der Waals surface area (Å²) >= 11 is 0. The molecule has 1 aliphatic rings. The molecule has 1 aromatic heterocycles. The molecule has 3 rings (SSSR count). The van der Waals surface area contributed by atoms with Crippen LogP contribution >= 0.6 is 0 Å². The van der Waals surface area contributed by atoms with Gasteiger partial charge in [-0.3, -0.25) is 4.79 Å². The van der Waals surface area contributed by atoms with Crippen molar-refractivity contribution in [3.05, 3.63) is 36.1 Å². The first kappa shape index (κ1) is 11.3. The first-order chi connectivity index (χ1) is 8.75. The van der Waals surface area contributed by atoms with Gasteiger partial charge in [0, 0.05) is 17.5 Å². The highest BCUT2D eigenvalue weighted by atomic mass is 16.3. The van der Waals surface area contributed by atoms with E-state index >= 15 is 0 Å². The van der Waals surface area contributed by atoms with E-state index in [9.17, 15) is 9.90 Å². The largest absolute Gasteiger partial charge is 0.464 e. The van der Waals surface area contributed by atoms with Crippen LogP contribution in [0.1, 0.15) is 18.4 Å². The highest BCUT2D eigenvalue weighted by Crippen LogP contribution is 2.45. The fourth-order valence-electron chi connectivity index (χ4n) is 2.14. The molecule has 1 aromatic carbocycles. The number of amides is 1. The van der Waals surface area contributed by atoms with Gasteiger partial charge < -0.3 is 14.8 Å². The predicted octanol–water partition coefficient (Wildman–Crippen LogP) is 1.82. The molecule has 2 aromatic rings. The van der Waals surface area contributed by atoms with E-state index in [2.05, 4.69) is 5.32 Å². The Kier molecular flexibility index (Phi) is 2.59. The third-order valence-electron chi connectivity index (χ3n) is 3.64. The van der Waals surface area contributed by atoms with Gasteiger partial charge in [-0.15, -0.1) is 0 Å². The van der Waals surface area contributed by atoms with Gasteiger partial charge in [-0.05, 0) is 18.9 Å². The van der Waals surface area contributed by atoms with Gasteiger partial charge in [-0.2, -0.15) is 0 Å². The fourth-order valence-corrected chi connectivity index (χ4v) is 2.14. The third kappa shape index (κ3) is 1.78. The summed E-state index contributed by atoms with van der Waals surface area (Å²) in [6.45, 7) is 0.378. The molecular formula is C14H15NO3. The molecule has 18 heavy (non-hydrogen) atoms. The van der Waals surface area contributed by atoms with E-state index in [0.29, 0.717) is 6.54 Å². The predicted molar refractivity (Wildman–Crippen MR) is 66.8 cm³/mol. The van der Waals surface area contributed by atoms with Crippen molar-refractivity contribution in [2.75, 3.05) is 6.61 Å². The van der Waals surface area contributed by atoms with Crippen LogP contribution in [0.25, 0.3) is 11.0 Å². The van der Waals surface area contributed by atoms with Crippen LogP contribution < -0.4 is 5.32 Å². The Morgan fingerprint density at radius 2 is 2.17 bits per heavy atom. The Bertz CT molecular complexity index is 583. The van der Waals surface area contributed by atoms with Crippen molar-refractivity contribution in [3.63, 3.8) is 0 Å². The third-order valence-corrected chi connectivity index (χ3v) is 3.64. The highest BCUT2D eigenvalue weighted by molar-refractivity contribution is 5.86. The summed E-state index contributed by atoms with van der Waals surface area (Å²) in [5.41, 5.74) is 1.28. The number of benzene rings is 1. The average molecular weight is 245 g/mol. The van der Waals surface area contributed by atoms with Gasteiger partial charge in [0.1, 0.15) is 5.58 Å². The fraction of sp³-hybridized carbons (Fsp3) is 0.357. The minimum atomic E-state index is -0.514. The molecule has 1 aliphatic carbocycles. The molecule has 0 radical (unpaired) electrons. The minimum Gasteiger partial charge on any atom is -0.464 e. The molecule has 1 amide bonds. The summed E-state index contributed by atoms with van der Waals surface area (Å²) in [6.07, 6.45) is 3.23. The zero-order valence-electron chi connectivity index (χ0n) is 9.98. The van der Waals surface area contributed by atoms with Crippen LogP contribution in [0.15, 0.2) is 34.9 Å². The summed E-state index contributed by atoms with van der Waals surface area (Å²) in [5, 5.41) is 13.1. The number of fused-ring (bicyclic) bond motifs is 1. The first-order valence-corrected chi connectivity index (χ1v) is 6.09. The van der Waals surface area contributed by atoms with Crippen LogP contribution in [0.3, 0.4) is 0 Å². The van der Waals surface area contributed by atoms with Crippen molar-refractivity contribution in [3.8, 4) is 0 Å². The Morgan fingerprint density at radius 3 is 2.89 bits per heavy atom. The van der Waals surface area contributed by atoms with Crippen molar-refractivity contribution in [1.29, 1.82) is 0 Å². The standard InChI is InChI=1S/C14H15NO3/c16-9-14(5-6-14)13(17)15-7-10-8-18-12-4-2-1-3-11(10)12/h1-4,8,16H,5-7,9H2,(H,15,17). The number of para-hydroxylation sites is 1. The summed E-state index contributed by atoms with van der Waals surface area (Å²) in [7, 11) is 0. The maximum absolute atomic E-state index is 11.9. The second-order valence-electron chi connectivity index (χ2n) is 4.88. The lowest BCUT2D eigenvalue weighted by atomic mass is 10.1. The van der Waals surface area contributed by atoms with Crippen LogP contribution in [-0.4, -0.2) is 17.6 Å². The smallest absolute Gasteiger partial charge is 0.228 e. The Hall–Kier alpha value is -1.81. The summed E-state index contributed by atoms with van der Waals surface area (Å²) in [5.74, 6) is -0.0599. The monoisotopic (exact) mass is 245 g/mol. The number of carbonyl (C=O) groups excluding carboxylic acids is 1. The number of rotatable bonds is 4. The van der Waals surface area contributed by atoms with Gasteiger partial charge in [0.2, 0.25) is 5.91 Å². The number of furan rings is 1. The van der Waals surface area contributed by atoms with Crippen LogP contribution in [0.2, 0.25) is 0 Å². The molecule has 0 spiro atoms. The van der Waals surface area contributed by atoms with Crippen LogP contribution in [0.5, 0.6) is 0 Å². The molecule has 94 valence electrons. The van der Waals surface area contributed by atoms with Crippen molar-refractivity contribution in [1.82, 2.24) is 5.32 Å². The normalized spacial score (nSPS) is 16.7. The van der Waals surface area contributed by atoms with Crippen molar-refractivity contribution in [2.24, 2.45) is 5.41 Å². The van der Waals surface area contributed by atoms with Crippen molar-refractivity contribution in [2.45, 2.75) is 19.4 Å². The van der Waals surface area contributed by atoms with E-state index in [1.165, 1.54) is 0 Å². The number of carbonyl (C=O) groups is 1. The number of aliphatic hydroxyl groups excluding tert-OH is 1. The molecular weight excluding hydrogens is 230 g/mol. The molecule has 2 N–H and O–H groups in total. The maximum Gasteiger partial charge on any atom is 0.228 e. The topological polar surface area (TPSA) is 62.5 Å². The van der Waals surface area contributed by atoms with E-state index in [1.807, 2.05) is 24.3 Å². The van der Waals surface area contributed by atoms with Gasteiger partial charge in [0.05, 0.1) is 18.3 Å². The molecule has 1 heterocycles. The second-order valence-corrected chi connectivity index (χ2v) is 4.88. The molecule has 1 fully saturated rings. The Morgan fingerprint density at radius 1 is 1.39 bits per heavy atom. The zero-order chi connectivity index (χ0) is 12.6. The quantitative estimate of drug-likeness (QED) is 0.863. The maximum atomic E-state index is 11.9. The van der Waals surface area contributed by atoms with Gasteiger partial charge in [-0.25, -0.2) is 0 Å². The van der Waals surface area contributed by atoms with Crippen LogP contribution in [-0.2, 0) is 11.3 Å².